The van der Waals surface area contributed by atoms with Crippen LogP contribution in [0.1, 0.15) is 12.5 Å². The van der Waals surface area contributed by atoms with Crippen LogP contribution in [-0.4, -0.2) is 4.98 Å². The van der Waals surface area contributed by atoms with E-state index in [0.29, 0.717) is 5.69 Å². The predicted octanol–water partition coefficient (Wildman–Crippen LogP) is 3.86. The fourth-order valence-corrected chi connectivity index (χ4v) is 1.83. The minimum Gasteiger partial charge on any atom is -0.359 e. The van der Waals surface area contributed by atoms with Gasteiger partial charge < -0.3 is 4.98 Å². The number of halogens is 1. The van der Waals surface area contributed by atoms with E-state index in [1.807, 2.05) is 25.3 Å². The monoisotopic (exact) mass is 251 g/mol. The van der Waals surface area contributed by atoms with Crippen molar-refractivity contribution in [3.63, 3.8) is 0 Å². The quantitative estimate of drug-likeness (QED) is 0.810. The maximum absolute atomic E-state index is 10.5. The van der Waals surface area contributed by atoms with Crippen molar-refractivity contribution in [2.24, 2.45) is 5.18 Å². The second-order valence-corrected chi connectivity index (χ2v) is 4.22. The molecule has 2 rings (SSSR count). The van der Waals surface area contributed by atoms with Gasteiger partial charge in [-0.05, 0) is 23.7 Å². The van der Waals surface area contributed by atoms with E-state index in [-0.39, 0.29) is 0 Å². The van der Waals surface area contributed by atoms with E-state index in [9.17, 15) is 4.91 Å². The summed E-state index contributed by atoms with van der Waals surface area (Å²) in [5, 5.41) is 3.98. The third kappa shape index (κ3) is 1.35. The Balaban J connectivity index is 2.75. The standard InChI is InChI=1S/C10H8BrN2O/c1-6(11)8-5-12-10-7(8)3-2-4-9(10)13-14/h2-5,12H,1H3. The van der Waals surface area contributed by atoms with Crippen molar-refractivity contribution < 1.29 is 0 Å². The van der Waals surface area contributed by atoms with E-state index in [0.717, 1.165) is 21.3 Å². The van der Waals surface area contributed by atoms with E-state index in [4.69, 9.17) is 0 Å². The van der Waals surface area contributed by atoms with Crippen LogP contribution in [0.15, 0.2) is 29.6 Å². The van der Waals surface area contributed by atoms with Gasteiger partial charge in [0, 0.05) is 11.6 Å². The number of para-hydroxylation sites is 1. The first-order chi connectivity index (χ1) is 6.74. The molecule has 4 heteroatoms. The van der Waals surface area contributed by atoms with Gasteiger partial charge in [0.2, 0.25) is 0 Å². The van der Waals surface area contributed by atoms with Crippen molar-refractivity contribution in [3.8, 4) is 0 Å². The van der Waals surface area contributed by atoms with Crippen LogP contribution >= 0.6 is 15.9 Å². The lowest BCUT2D eigenvalue weighted by Gasteiger charge is -1.99. The molecular formula is C10H8BrN2O. The predicted molar refractivity (Wildman–Crippen MR) is 60.7 cm³/mol. The van der Waals surface area contributed by atoms with Gasteiger partial charge in [0.05, 0.1) is 10.3 Å². The van der Waals surface area contributed by atoms with Gasteiger partial charge in [-0.3, -0.25) is 0 Å². The maximum atomic E-state index is 10.5. The molecule has 0 saturated carbocycles. The summed E-state index contributed by atoms with van der Waals surface area (Å²) in [5.74, 6) is 0. The fraction of sp³-hybridized carbons (Fsp3) is 0.100. The highest BCUT2D eigenvalue weighted by atomic mass is 79.9. The molecule has 0 aliphatic rings. The zero-order chi connectivity index (χ0) is 10.1. The molecule has 2 aromatic rings. The van der Waals surface area contributed by atoms with E-state index in [1.165, 1.54) is 0 Å². The largest absolute Gasteiger partial charge is 0.359 e. The number of H-pyrrole nitrogens is 1. The Kier molecular flexibility index (Phi) is 2.37. The molecule has 0 aliphatic heterocycles. The molecule has 0 unspecified atom stereocenters. The van der Waals surface area contributed by atoms with Crippen LogP contribution in [0.3, 0.4) is 0 Å². The van der Waals surface area contributed by atoms with E-state index >= 15 is 0 Å². The number of nitrogens with zero attached hydrogens (tertiary/aromatic N) is 1. The van der Waals surface area contributed by atoms with Crippen LogP contribution in [0, 0.1) is 9.73 Å². The summed E-state index contributed by atoms with van der Waals surface area (Å²) in [6.45, 7) is 1.96. The van der Waals surface area contributed by atoms with Gasteiger partial charge >= 0.3 is 0 Å². The first-order valence-corrected chi connectivity index (χ1v) is 4.96. The third-order valence-corrected chi connectivity index (χ3v) is 2.59. The minimum atomic E-state index is 0.447. The number of aromatic amines is 1. The van der Waals surface area contributed by atoms with Gasteiger partial charge in [0.25, 0.3) is 0 Å². The number of nitroso groups, excluding NO2 is 1. The lowest BCUT2D eigenvalue weighted by atomic mass is 10.1. The number of hydrogen-bond donors (Lipinski definition) is 1. The van der Waals surface area contributed by atoms with E-state index in [2.05, 4.69) is 26.1 Å². The highest BCUT2D eigenvalue weighted by Gasteiger charge is 2.11. The third-order valence-electron chi connectivity index (χ3n) is 2.16. The summed E-state index contributed by atoms with van der Waals surface area (Å²) in [7, 11) is 0. The molecule has 14 heavy (non-hydrogen) atoms. The second kappa shape index (κ2) is 3.53. The van der Waals surface area contributed by atoms with E-state index in [1.54, 1.807) is 6.07 Å². The molecule has 0 atom stereocenters. The van der Waals surface area contributed by atoms with Crippen LogP contribution in [-0.2, 0) is 0 Å². The van der Waals surface area contributed by atoms with Gasteiger partial charge in [-0.15, -0.1) is 4.91 Å². The van der Waals surface area contributed by atoms with Crippen LogP contribution in [0.5, 0.6) is 0 Å². The topological polar surface area (TPSA) is 45.2 Å². The molecule has 1 aromatic carbocycles. The molecule has 1 aromatic heterocycles. The average molecular weight is 252 g/mol. The summed E-state index contributed by atoms with van der Waals surface area (Å²) in [6, 6.07) is 5.48. The summed E-state index contributed by atoms with van der Waals surface area (Å²) in [5.41, 5.74) is 2.30. The molecule has 1 radical (unpaired) electrons. The lowest BCUT2D eigenvalue weighted by molar-refractivity contribution is 1.38. The van der Waals surface area contributed by atoms with Crippen LogP contribution in [0.2, 0.25) is 0 Å². The fourth-order valence-electron chi connectivity index (χ4n) is 1.50. The van der Waals surface area contributed by atoms with Gasteiger partial charge in [0.15, 0.2) is 0 Å². The number of rotatable bonds is 2. The molecule has 0 amide bonds. The molecule has 0 aliphatic carbocycles. The van der Waals surface area contributed by atoms with Crippen molar-refractivity contribution in [1.29, 1.82) is 0 Å². The molecule has 0 bridgehead atoms. The van der Waals surface area contributed by atoms with Gasteiger partial charge in [-0.1, -0.05) is 28.1 Å². The van der Waals surface area contributed by atoms with Crippen molar-refractivity contribution in [2.75, 3.05) is 0 Å². The lowest BCUT2D eigenvalue weighted by Crippen LogP contribution is -1.80. The zero-order valence-electron chi connectivity index (χ0n) is 7.54. The summed E-state index contributed by atoms with van der Waals surface area (Å²) >= 11 is 3.42. The summed E-state index contributed by atoms with van der Waals surface area (Å²) < 4.78 is 0. The minimum absolute atomic E-state index is 0.447. The average Bonchev–Trinajstić information content (AvgIpc) is 2.60. The highest BCUT2D eigenvalue weighted by molar-refractivity contribution is 9.11. The first-order valence-electron chi connectivity index (χ1n) is 4.17. The molecule has 1 N–H and O–H groups in total. The summed E-state index contributed by atoms with van der Waals surface area (Å²) in [4.78, 5) is 14.6. The first kappa shape index (κ1) is 9.40. The molecule has 3 nitrogen and oxygen atoms in total. The normalized spacial score (nSPS) is 11.1. The van der Waals surface area contributed by atoms with E-state index < -0.39 is 0 Å². The van der Waals surface area contributed by atoms with Gasteiger partial charge in [-0.2, -0.15) is 0 Å². The Morgan fingerprint density at radius 1 is 1.50 bits per heavy atom. The Bertz CT molecular complexity index is 476. The Labute approximate surface area is 89.6 Å². The Morgan fingerprint density at radius 2 is 2.29 bits per heavy atom. The van der Waals surface area contributed by atoms with Gasteiger partial charge in [0.1, 0.15) is 5.69 Å². The van der Waals surface area contributed by atoms with Crippen LogP contribution < -0.4 is 0 Å². The Morgan fingerprint density at radius 3 is 2.93 bits per heavy atom. The van der Waals surface area contributed by atoms with Crippen molar-refractivity contribution in [2.45, 2.75) is 6.92 Å². The molecule has 0 saturated heterocycles. The van der Waals surface area contributed by atoms with Crippen molar-refractivity contribution in [3.05, 3.63) is 39.7 Å². The van der Waals surface area contributed by atoms with Crippen molar-refractivity contribution in [1.82, 2.24) is 4.98 Å². The number of nitrogens with one attached hydrogen (secondary N) is 1. The van der Waals surface area contributed by atoms with Crippen molar-refractivity contribution >= 4 is 32.5 Å². The zero-order valence-corrected chi connectivity index (χ0v) is 9.13. The molecular weight excluding hydrogens is 244 g/mol. The SMILES string of the molecule is C[C](Br)c1c[nH]c2c(N=O)cccc12. The number of aromatic nitrogens is 1. The summed E-state index contributed by atoms with van der Waals surface area (Å²) in [6.07, 6.45) is 1.86. The highest BCUT2D eigenvalue weighted by Crippen LogP contribution is 2.32. The van der Waals surface area contributed by atoms with Crippen LogP contribution in [0.25, 0.3) is 10.9 Å². The molecule has 71 valence electrons. The number of fused-ring (bicyclic) bond motifs is 1. The Hall–Kier alpha value is -1.16. The molecule has 0 fully saturated rings. The molecule has 1 heterocycles. The maximum Gasteiger partial charge on any atom is 0.132 e. The smallest absolute Gasteiger partial charge is 0.132 e. The molecule has 0 spiro atoms. The second-order valence-electron chi connectivity index (χ2n) is 3.03. The number of hydrogen-bond acceptors (Lipinski definition) is 2. The van der Waals surface area contributed by atoms with Gasteiger partial charge in [-0.25, -0.2) is 0 Å². The van der Waals surface area contributed by atoms with Crippen LogP contribution in [0.4, 0.5) is 5.69 Å². The number of benzene rings is 1.